The first-order chi connectivity index (χ1) is 9.47. The van der Waals surface area contributed by atoms with Crippen molar-refractivity contribution in [1.82, 2.24) is 20.3 Å². The third-order valence-corrected chi connectivity index (χ3v) is 2.62. The predicted octanol–water partition coefficient (Wildman–Crippen LogP) is 1.81. The number of benzene rings is 1. The highest BCUT2D eigenvalue weighted by atomic mass is 19.1. The van der Waals surface area contributed by atoms with E-state index in [0.29, 0.717) is 18.3 Å². The molecule has 0 saturated heterocycles. The number of non-ortho nitro benzene ring substituents is 1. The molecule has 0 aliphatic rings. The first-order valence-corrected chi connectivity index (χ1v) is 6.06. The van der Waals surface area contributed by atoms with Crippen LogP contribution >= 0.6 is 0 Å². The molecule has 0 saturated carbocycles. The molecule has 0 unspecified atom stereocenters. The van der Waals surface area contributed by atoms with Crippen LogP contribution in [-0.2, 0) is 6.54 Å². The van der Waals surface area contributed by atoms with Gasteiger partial charge >= 0.3 is 0 Å². The summed E-state index contributed by atoms with van der Waals surface area (Å²) in [6, 6.07) is 3.70. The highest BCUT2D eigenvalue weighted by molar-refractivity contribution is 5.41. The summed E-state index contributed by atoms with van der Waals surface area (Å²) in [5.41, 5.74) is 0.489. The molecule has 0 aliphatic carbocycles. The molecule has 1 N–H and O–H groups in total. The van der Waals surface area contributed by atoms with Gasteiger partial charge in [-0.2, -0.15) is 0 Å². The van der Waals surface area contributed by atoms with Crippen molar-refractivity contribution in [2.45, 2.75) is 26.4 Å². The predicted molar refractivity (Wildman–Crippen MR) is 69.9 cm³/mol. The first-order valence-electron chi connectivity index (χ1n) is 6.06. The molecule has 7 nitrogen and oxygen atoms in total. The minimum atomic E-state index is -0.715. The summed E-state index contributed by atoms with van der Waals surface area (Å²) in [6.45, 7) is 4.52. The lowest BCUT2D eigenvalue weighted by molar-refractivity contribution is -0.385. The molecule has 0 amide bonds. The molecular formula is C12H14FN5O2. The lowest BCUT2D eigenvalue weighted by atomic mass is 10.2. The second kappa shape index (κ2) is 5.74. The van der Waals surface area contributed by atoms with Gasteiger partial charge in [0.1, 0.15) is 5.69 Å². The van der Waals surface area contributed by atoms with E-state index in [0.717, 1.165) is 6.07 Å². The molecule has 20 heavy (non-hydrogen) atoms. The summed E-state index contributed by atoms with van der Waals surface area (Å²) >= 11 is 0. The molecule has 0 aliphatic heterocycles. The van der Waals surface area contributed by atoms with Crippen LogP contribution in [0.5, 0.6) is 0 Å². The van der Waals surface area contributed by atoms with Crippen molar-refractivity contribution in [1.29, 1.82) is 0 Å². The Morgan fingerprint density at radius 1 is 1.50 bits per heavy atom. The van der Waals surface area contributed by atoms with Gasteiger partial charge in [0, 0.05) is 18.7 Å². The lowest BCUT2D eigenvalue weighted by Crippen LogP contribution is -2.21. The molecule has 1 aromatic heterocycles. The van der Waals surface area contributed by atoms with Crippen molar-refractivity contribution in [3.05, 3.63) is 46.0 Å². The van der Waals surface area contributed by atoms with Crippen LogP contribution in [0, 0.1) is 15.9 Å². The van der Waals surface area contributed by atoms with Crippen molar-refractivity contribution < 1.29 is 9.31 Å². The zero-order valence-electron chi connectivity index (χ0n) is 11.1. The van der Waals surface area contributed by atoms with Gasteiger partial charge in [0.05, 0.1) is 22.9 Å². The molecule has 0 radical (unpaired) electrons. The van der Waals surface area contributed by atoms with Crippen LogP contribution in [0.15, 0.2) is 24.4 Å². The Bertz CT molecular complexity index is 626. The quantitative estimate of drug-likeness (QED) is 0.666. The summed E-state index contributed by atoms with van der Waals surface area (Å²) in [4.78, 5) is 9.90. The number of aromatic nitrogens is 3. The van der Waals surface area contributed by atoms with E-state index in [4.69, 9.17) is 0 Å². The second-order valence-electron chi connectivity index (χ2n) is 4.58. The minimum absolute atomic E-state index is 0.124. The minimum Gasteiger partial charge on any atom is -0.309 e. The zero-order valence-corrected chi connectivity index (χ0v) is 11.1. The molecule has 2 rings (SSSR count). The monoisotopic (exact) mass is 279 g/mol. The highest BCUT2D eigenvalue weighted by Gasteiger charge is 2.13. The fourth-order valence-electron chi connectivity index (χ4n) is 1.60. The molecule has 2 aromatic rings. The second-order valence-corrected chi connectivity index (χ2v) is 4.58. The number of nitro benzene ring substituents is 1. The maximum Gasteiger partial charge on any atom is 0.272 e. The number of halogens is 1. The van der Waals surface area contributed by atoms with Crippen molar-refractivity contribution in [2.75, 3.05) is 0 Å². The molecule has 0 spiro atoms. The molecule has 0 bridgehead atoms. The molecular weight excluding hydrogens is 265 g/mol. The lowest BCUT2D eigenvalue weighted by Gasteiger charge is -2.04. The van der Waals surface area contributed by atoms with E-state index >= 15 is 0 Å². The van der Waals surface area contributed by atoms with Gasteiger partial charge in [0.2, 0.25) is 0 Å². The van der Waals surface area contributed by atoms with E-state index in [2.05, 4.69) is 15.6 Å². The number of rotatable bonds is 5. The summed E-state index contributed by atoms with van der Waals surface area (Å²) in [6.07, 6.45) is 1.58. The summed E-state index contributed by atoms with van der Waals surface area (Å²) in [7, 11) is 0. The van der Waals surface area contributed by atoms with Gasteiger partial charge in [-0.1, -0.05) is 19.1 Å². The molecule has 1 heterocycles. The maximum atomic E-state index is 13.8. The number of nitro groups is 1. The van der Waals surface area contributed by atoms with E-state index < -0.39 is 10.7 Å². The number of nitrogens with zero attached hydrogens (tertiary/aromatic N) is 4. The van der Waals surface area contributed by atoms with Crippen LogP contribution in [0.2, 0.25) is 0 Å². The number of hydrogen-bond acceptors (Lipinski definition) is 5. The Kier molecular flexibility index (Phi) is 4.04. The van der Waals surface area contributed by atoms with Crippen molar-refractivity contribution in [2.24, 2.45) is 0 Å². The smallest absolute Gasteiger partial charge is 0.272 e. The van der Waals surface area contributed by atoms with Gasteiger partial charge in [0.25, 0.3) is 5.69 Å². The highest BCUT2D eigenvalue weighted by Crippen LogP contribution is 2.19. The Balaban J connectivity index is 2.21. The maximum absolute atomic E-state index is 13.8. The Morgan fingerprint density at radius 2 is 2.25 bits per heavy atom. The van der Waals surface area contributed by atoms with E-state index in [-0.39, 0.29) is 11.4 Å². The summed E-state index contributed by atoms with van der Waals surface area (Å²) < 4.78 is 15.1. The average Bonchev–Trinajstić information content (AvgIpc) is 2.84. The number of hydrogen-bond donors (Lipinski definition) is 1. The van der Waals surface area contributed by atoms with Crippen LogP contribution < -0.4 is 5.32 Å². The topological polar surface area (TPSA) is 85.9 Å². The van der Waals surface area contributed by atoms with Gasteiger partial charge in [-0.15, -0.1) is 5.10 Å². The van der Waals surface area contributed by atoms with Crippen LogP contribution in [0.25, 0.3) is 5.69 Å². The van der Waals surface area contributed by atoms with Gasteiger partial charge in [-0.3, -0.25) is 10.1 Å². The number of nitrogens with one attached hydrogen (secondary N) is 1. The summed E-state index contributed by atoms with van der Waals surface area (Å²) in [5, 5.41) is 21.4. The van der Waals surface area contributed by atoms with Crippen LogP contribution in [0.1, 0.15) is 19.5 Å². The average molecular weight is 279 g/mol. The van der Waals surface area contributed by atoms with E-state index in [1.807, 2.05) is 13.8 Å². The van der Waals surface area contributed by atoms with E-state index in [1.165, 1.54) is 16.8 Å². The third-order valence-electron chi connectivity index (χ3n) is 2.62. The van der Waals surface area contributed by atoms with Crippen LogP contribution in [-0.4, -0.2) is 26.0 Å². The Morgan fingerprint density at radius 3 is 2.85 bits per heavy atom. The third kappa shape index (κ3) is 3.15. The fourth-order valence-corrected chi connectivity index (χ4v) is 1.60. The SMILES string of the molecule is CC(C)NCc1cn(-c2ccc([N+](=O)[O-])cc2F)nn1. The van der Waals surface area contributed by atoms with Crippen LogP contribution in [0.3, 0.4) is 0 Å². The Hall–Kier alpha value is -2.35. The normalized spacial score (nSPS) is 11.0. The van der Waals surface area contributed by atoms with E-state index in [9.17, 15) is 14.5 Å². The standard InChI is InChI=1S/C12H14FN5O2/c1-8(2)14-6-9-7-17(16-15-9)12-4-3-10(18(19)20)5-11(12)13/h3-5,7-8,14H,6H2,1-2H3. The fraction of sp³-hybridized carbons (Fsp3) is 0.333. The Labute approximate surface area is 114 Å². The molecule has 0 fully saturated rings. The molecule has 8 heteroatoms. The van der Waals surface area contributed by atoms with E-state index in [1.54, 1.807) is 6.20 Å². The van der Waals surface area contributed by atoms with Gasteiger partial charge in [-0.05, 0) is 6.07 Å². The molecule has 1 aromatic carbocycles. The van der Waals surface area contributed by atoms with Crippen molar-refractivity contribution in [3.63, 3.8) is 0 Å². The van der Waals surface area contributed by atoms with Gasteiger partial charge < -0.3 is 5.32 Å². The van der Waals surface area contributed by atoms with Crippen molar-refractivity contribution in [3.8, 4) is 5.69 Å². The zero-order chi connectivity index (χ0) is 14.7. The molecule has 0 atom stereocenters. The summed E-state index contributed by atoms with van der Waals surface area (Å²) in [5.74, 6) is -0.715. The van der Waals surface area contributed by atoms with Crippen molar-refractivity contribution >= 4 is 5.69 Å². The van der Waals surface area contributed by atoms with Crippen LogP contribution in [0.4, 0.5) is 10.1 Å². The largest absolute Gasteiger partial charge is 0.309 e. The first kappa shape index (κ1) is 14.1. The van der Waals surface area contributed by atoms with Gasteiger partial charge in [0.15, 0.2) is 5.82 Å². The van der Waals surface area contributed by atoms with Gasteiger partial charge in [-0.25, -0.2) is 9.07 Å². The molecule has 106 valence electrons.